The summed E-state index contributed by atoms with van der Waals surface area (Å²) in [7, 11) is 0. The molecule has 0 aliphatic carbocycles. The number of para-hydroxylation sites is 1. The molecule has 124 valence electrons. The van der Waals surface area contributed by atoms with Crippen LogP contribution < -0.4 is 5.32 Å². The van der Waals surface area contributed by atoms with E-state index in [1.54, 1.807) is 30.0 Å². The molecule has 2 aromatic carbocycles. The number of nitrogens with zero attached hydrogens (tertiary/aromatic N) is 1. The van der Waals surface area contributed by atoms with Crippen molar-refractivity contribution in [3.8, 4) is 0 Å². The molecule has 1 aliphatic rings. The van der Waals surface area contributed by atoms with Gasteiger partial charge in [-0.1, -0.05) is 71.0 Å². The second-order valence-electron chi connectivity index (χ2n) is 5.15. The number of fused-ring (bicyclic) bond motifs is 1. The van der Waals surface area contributed by atoms with Gasteiger partial charge in [-0.15, -0.1) is 0 Å². The molecular weight excluding hydrogens is 383 g/mol. The Balaban J connectivity index is 1.67. The first kappa shape index (κ1) is 17.7. The van der Waals surface area contributed by atoms with Gasteiger partial charge < -0.3 is 5.32 Å². The molecular formula is C17H14Cl2N2OS2. The van der Waals surface area contributed by atoms with Gasteiger partial charge in [0.2, 0.25) is 5.91 Å². The lowest BCUT2D eigenvalue weighted by molar-refractivity contribution is -0.115. The topological polar surface area (TPSA) is 41.5 Å². The van der Waals surface area contributed by atoms with E-state index in [2.05, 4.69) is 16.4 Å². The van der Waals surface area contributed by atoms with Gasteiger partial charge in [0.05, 0.1) is 26.7 Å². The lowest BCUT2D eigenvalue weighted by Crippen LogP contribution is -2.23. The summed E-state index contributed by atoms with van der Waals surface area (Å²) in [6.45, 7) is 1.85. The molecule has 24 heavy (non-hydrogen) atoms. The zero-order chi connectivity index (χ0) is 17.1. The van der Waals surface area contributed by atoms with E-state index in [0.29, 0.717) is 15.7 Å². The molecule has 0 saturated heterocycles. The Morgan fingerprint density at radius 2 is 2.04 bits per heavy atom. The van der Waals surface area contributed by atoms with Crippen molar-refractivity contribution in [3.63, 3.8) is 0 Å². The number of aliphatic imine (C=N–C) groups is 1. The Labute approximate surface area is 159 Å². The molecule has 0 bridgehead atoms. The van der Waals surface area contributed by atoms with E-state index in [1.807, 2.05) is 25.1 Å². The van der Waals surface area contributed by atoms with E-state index < -0.39 is 0 Å². The van der Waals surface area contributed by atoms with Crippen molar-refractivity contribution in [2.75, 3.05) is 5.32 Å². The monoisotopic (exact) mass is 396 g/mol. The van der Waals surface area contributed by atoms with Gasteiger partial charge in [0.25, 0.3) is 0 Å². The predicted octanol–water partition coefficient (Wildman–Crippen LogP) is 5.99. The normalized spacial score (nSPS) is 14.5. The molecule has 1 atom stereocenters. The molecule has 3 rings (SSSR count). The third kappa shape index (κ3) is 4.09. The largest absolute Gasteiger partial charge is 0.324 e. The minimum atomic E-state index is -0.295. The number of hydrogen-bond donors (Lipinski definition) is 1. The van der Waals surface area contributed by atoms with Gasteiger partial charge in [0.1, 0.15) is 4.38 Å². The van der Waals surface area contributed by atoms with Gasteiger partial charge in [0, 0.05) is 5.75 Å². The average Bonchev–Trinajstić information content (AvgIpc) is 2.58. The first-order valence-corrected chi connectivity index (χ1v) is 9.87. The van der Waals surface area contributed by atoms with Crippen molar-refractivity contribution < 1.29 is 4.79 Å². The molecule has 1 N–H and O–H groups in total. The SMILES string of the molecule is CC(SC1=Nc2ccccc2CS1)C(=O)Nc1cccc(Cl)c1Cl. The Hall–Kier alpha value is -1.14. The fourth-order valence-electron chi connectivity index (χ4n) is 2.11. The quantitative estimate of drug-likeness (QED) is 0.692. The molecule has 1 aliphatic heterocycles. The number of carbonyl (C=O) groups is 1. The molecule has 1 unspecified atom stereocenters. The summed E-state index contributed by atoms with van der Waals surface area (Å²) in [6, 6.07) is 13.2. The number of halogens is 2. The number of hydrogen-bond acceptors (Lipinski definition) is 4. The van der Waals surface area contributed by atoms with E-state index in [4.69, 9.17) is 23.2 Å². The van der Waals surface area contributed by atoms with E-state index in [0.717, 1.165) is 15.8 Å². The zero-order valence-electron chi connectivity index (χ0n) is 12.8. The molecule has 7 heteroatoms. The highest BCUT2D eigenvalue weighted by Crippen LogP contribution is 2.36. The highest BCUT2D eigenvalue weighted by Gasteiger charge is 2.21. The minimum Gasteiger partial charge on any atom is -0.324 e. The highest BCUT2D eigenvalue weighted by molar-refractivity contribution is 8.39. The lowest BCUT2D eigenvalue weighted by atomic mass is 10.2. The van der Waals surface area contributed by atoms with E-state index >= 15 is 0 Å². The maximum absolute atomic E-state index is 12.4. The molecule has 0 radical (unpaired) electrons. The Bertz CT molecular complexity index is 811. The van der Waals surface area contributed by atoms with Crippen LogP contribution in [0.25, 0.3) is 0 Å². The maximum atomic E-state index is 12.4. The van der Waals surface area contributed by atoms with Crippen LogP contribution in [0.1, 0.15) is 12.5 Å². The van der Waals surface area contributed by atoms with Gasteiger partial charge >= 0.3 is 0 Å². The fourth-order valence-corrected chi connectivity index (χ4v) is 4.65. The van der Waals surface area contributed by atoms with Crippen LogP contribution in [0.2, 0.25) is 10.0 Å². The average molecular weight is 397 g/mol. The molecule has 0 aromatic heterocycles. The van der Waals surface area contributed by atoms with Gasteiger partial charge in [-0.2, -0.15) is 0 Å². The number of anilines is 1. The van der Waals surface area contributed by atoms with Crippen molar-refractivity contribution in [1.29, 1.82) is 0 Å². The maximum Gasteiger partial charge on any atom is 0.237 e. The second kappa shape index (κ2) is 7.83. The number of nitrogens with one attached hydrogen (secondary N) is 1. The zero-order valence-corrected chi connectivity index (χ0v) is 15.9. The minimum absolute atomic E-state index is 0.133. The first-order valence-electron chi connectivity index (χ1n) is 7.25. The molecule has 2 aromatic rings. The first-order chi connectivity index (χ1) is 11.5. The smallest absolute Gasteiger partial charge is 0.237 e. The molecule has 1 amide bonds. The molecule has 3 nitrogen and oxygen atoms in total. The predicted molar refractivity (Wildman–Crippen MR) is 107 cm³/mol. The number of rotatable bonds is 3. The Kier molecular flexibility index (Phi) is 5.76. The van der Waals surface area contributed by atoms with E-state index in [1.165, 1.54) is 17.3 Å². The van der Waals surface area contributed by atoms with E-state index in [9.17, 15) is 4.79 Å². The fraction of sp³-hybridized carbons (Fsp3) is 0.176. The summed E-state index contributed by atoms with van der Waals surface area (Å²) in [5, 5.41) is 3.29. The standard InChI is InChI=1S/C17H14Cl2N2OS2/c1-10(16(22)20-14-8-4-6-12(18)15(14)19)24-17-21-13-7-3-2-5-11(13)9-23-17/h2-8,10H,9H2,1H3,(H,20,22). The van der Waals surface area contributed by atoms with Crippen molar-refractivity contribution >= 4 is 68.4 Å². The summed E-state index contributed by atoms with van der Waals surface area (Å²) in [6.07, 6.45) is 0. The van der Waals surface area contributed by atoms with E-state index in [-0.39, 0.29) is 11.2 Å². The van der Waals surface area contributed by atoms with Crippen molar-refractivity contribution in [2.24, 2.45) is 4.99 Å². The number of carbonyl (C=O) groups excluding carboxylic acids is 1. The number of amides is 1. The van der Waals surface area contributed by atoms with Crippen LogP contribution in [0.4, 0.5) is 11.4 Å². The number of benzene rings is 2. The van der Waals surface area contributed by atoms with Crippen LogP contribution >= 0.6 is 46.7 Å². The van der Waals surface area contributed by atoms with Crippen molar-refractivity contribution in [1.82, 2.24) is 0 Å². The highest BCUT2D eigenvalue weighted by atomic mass is 35.5. The number of thioether (sulfide) groups is 2. The molecule has 1 heterocycles. The Morgan fingerprint density at radius 1 is 1.25 bits per heavy atom. The summed E-state index contributed by atoms with van der Waals surface area (Å²) in [4.78, 5) is 17.0. The third-order valence-electron chi connectivity index (χ3n) is 3.41. The molecule has 0 saturated carbocycles. The van der Waals surface area contributed by atoms with Gasteiger partial charge in [-0.05, 0) is 30.7 Å². The molecule has 0 fully saturated rings. The summed E-state index contributed by atoms with van der Waals surface area (Å²) in [5.41, 5.74) is 2.71. The van der Waals surface area contributed by atoms with Crippen LogP contribution in [0.5, 0.6) is 0 Å². The van der Waals surface area contributed by atoms with Gasteiger partial charge in [0.15, 0.2) is 0 Å². The van der Waals surface area contributed by atoms with Crippen LogP contribution in [-0.2, 0) is 10.5 Å². The third-order valence-corrected chi connectivity index (χ3v) is 6.53. The van der Waals surface area contributed by atoms with Crippen molar-refractivity contribution in [2.45, 2.75) is 17.9 Å². The summed E-state index contributed by atoms with van der Waals surface area (Å²) < 4.78 is 0.897. The van der Waals surface area contributed by atoms with Gasteiger partial charge in [-0.3, -0.25) is 4.79 Å². The van der Waals surface area contributed by atoms with Crippen LogP contribution in [0, 0.1) is 0 Å². The summed E-state index contributed by atoms with van der Waals surface area (Å²) in [5.74, 6) is 0.738. The Morgan fingerprint density at radius 3 is 2.88 bits per heavy atom. The molecule has 0 spiro atoms. The van der Waals surface area contributed by atoms with Crippen LogP contribution in [0.15, 0.2) is 47.5 Å². The lowest BCUT2D eigenvalue weighted by Gasteiger charge is -2.17. The van der Waals surface area contributed by atoms with Crippen LogP contribution in [0.3, 0.4) is 0 Å². The second-order valence-corrected chi connectivity index (χ2v) is 8.48. The van der Waals surface area contributed by atoms with Crippen LogP contribution in [-0.4, -0.2) is 15.5 Å². The van der Waals surface area contributed by atoms with Crippen molar-refractivity contribution in [3.05, 3.63) is 58.1 Å². The summed E-state index contributed by atoms with van der Waals surface area (Å²) >= 11 is 15.2. The van der Waals surface area contributed by atoms with Gasteiger partial charge in [-0.25, -0.2) is 4.99 Å².